The van der Waals surface area contributed by atoms with E-state index < -0.39 is 6.10 Å². The normalized spacial score (nSPS) is 25.2. The van der Waals surface area contributed by atoms with Crippen molar-refractivity contribution >= 4 is 5.91 Å². The molecule has 2 aliphatic carbocycles. The largest absolute Gasteiger partial charge is 0.487 e. The first-order valence-corrected chi connectivity index (χ1v) is 17.4. The highest BCUT2D eigenvalue weighted by atomic mass is 16.5. The van der Waals surface area contributed by atoms with Crippen LogP contribution in [0.25, 0.3) is 0 Å². The van der Waals surface area contributed by atoms with Crippen LogP contribution in [0.15, 0.2) is 30.5 Å². The Labute approximate surface area is 263 Å². The van der Waals surface area contributed by atoms with Crippen molar-refractivity contribution < 1.29 is 14.6 Å². The van der Waals surface area contributed by atoms with Gasteiger partial charge in [-0.05, 0) is 74.3 Å². The Morgan fingerprint density at radius 2 is 1.89 bits per heavy atom. The number of aliphatic hydroxyl groups excluding tert-OH is 1. The molecule has 4 N–H and O–H groups in total. The summed E-state index contributed by atoms with van der Waals surface area (Å²) in [6, 6.07) is 9.10. The third-order valence-electron chi connectivity index (χ3n) is 10.7. The first-order chi connectivity index (χ1) is 21.4. The molecule has 1 spiro atoms. The van der Waals surface area contributed by atoms with Gasteiger partial charge < -0.3 is 25.8 Å². The maximum atomic E-state index is 13.6. The fraction of sp³-hybridized carbons (Fsp3) is 0.714. The lowest BCUT2D eigenvalue weighted by atomic mass is 9.75. The first kappa shape index (κ1) is 31.5. The van der Waals surface area contributed by atoms with Crippen molar-refractivity contribution in [2.24, 2.45) is 7.05 Å². The highest BCUT2D eigenvalue weighted by molar-refractivity contribution is 5.82. The van der Waals surface area contributed by atoms with Crippen LogP contribution in [0.3, 0.4) is 0 Å². The first-order valence-electron chi connectivity index (χ1n) is 17.4. The lowest BCUT2D eigenvalue weighted by Crippen LogP contribution is -2.64. The number of aryl methyl sites for hydroxylation is 1. The van der Waals surface area contributed by atoms with E-state index in [4.69, 9.17) is 4.74 Å². The van der Waals surface area contributed by atoms with E-state index in [9.17, 15) is 9.90 Å². The smallest absolute Gasteiger partial charge is 0.237 e. The number of benzene rings is 1. The van der Waals surface area contributed by atoms with E-state index in [1.807, 2.05) is 23.9 Å². The average molecular weight is 607 g/mol. The molecule has 2 saturated carbocycles. The second kappa shape index (κ2) is 14.8. The van der Waals surface area contributed by atoms with Crippen LogP contribution in [0.4, 0.5) is 0 Å². The highest BCUT2D eigenvalue weighted by Gasteiger charge is 2.42. The van der Waals surface area contributed by atoms with Crippen LogP contribution in [-0.4, -0.2) is 75.1 Å². The topological polar surface area (TPSA) is 104 Å². The third kappa shape index (κ3) is 8.22. The summed E-state index contributed by atoms with van der Waals surface area (Å²) in [5.41, 5.74) is 3.67. The minimum absolute atomic E-state index is 0.0473. The van der Waals surface area contributed by atoms with Gasteiger partial charge >= 0.3 is 0 Å². The predicted molar refractivity (Wildman–Crippen MR) is 172 cm³/mol. The molecule has 1 aromatic heterocycles. The van der Waals surface area contributed by atoms with Crippen LogP contribution in [0, 0.1) is 0 Å². The maximum absolute atomic E-state index is 13.6. The van der Waals surface area contributed by atoms with Gasteiger partial charge in [0.2, 0.25) is 5.91 Å². The molecule has 1 saturated heterocycles. The summed E-state index contributed by atoms with van der Waals surface area (Å²) in [6.45, 7) is 3.00. The van der Waals surface area contributed by atoms with Crippen LogP contribution in [-0.2, 0) is 31.4 Å². The maximum Gasteiger partial charge on any atom is 0.237 e. The van der Waals surface area contributed by atoms with Gasteiger partial charge in [0.1, 0.15) is 12.4 Å². The van der Waals surface area contributed by atoms with Gasteiger partial charge in [0.05, 0.1) is 17.8 Å². The second-order valence-corrected chi connectivity index (χ2v) is 14.1. The van der Waals surface area contributed by atoms with Gasteiger partial charge in [0, 0.05) is 57.0 Å². The van der Waals surface area contributed by atoms with E-state index in [-0.39, 0.29) is 24.0 Å². The lowest BCUT2D eigenvalue weighted by molar-refractivity contribution is -0.125. The van der Waals surface area contributed by atoms with Gasteiger partial charge in [-0.25, -0.2) is 0 Å². The molecule has 0 radical (unpaired) electrons. The number of piperidine rings is 1. The summed E-state index contributed by atoms with van der Waals surface area (Å²) < 4.78 is 7.85. The van der Waals surface area contributed by atoms with E-state index in [0.29, 0.717) is 25.2 Å². The van der Waals surface area contributed by atoms with Crippen LogP contribution in [0.5, 0.6) is 5.75 Å². The Balaban J connectivity index is 0.989. The van der Waals surface area contributed by atoms with Crippen molar-refractivity contribution in [3.8, 4) is 5.75 Å². The Morgan fingerprint density at radius 1 is 1.09 bits per heavy atom. The second-order valence-electron chi connectivity index (χ2n) is 14.1. The number of nitrogens with zero attached hydrogens (tertiary/aromatic N) is 3. The summed E-state index contributed by atoms with van der Waals surface area (Å²) in [5, 5.41) is 26.1. The molecule has 4 aliphatic rings. The number of hydrogen-bond donors (Lipinski definition) is 4. The molecule has 3 fully saturated rings. The number of fused-ring (bicyclic) bond motifs is 1. The minimum Gasteiger partial charge on any atom is -0.487 e. The van der Waals surface area contributed by atoms with Crippen molar-refractivity contribution in [2.45, 2.75) is 133 Å². The van der Waals surface area contributed by atoms with E-state index in [1.54, 1.807) is 6.20 Å². The number of aromatic nitrogens is 2. The molecule has 1 aromatic carbocycles. The van der Waals surface area contributed by atoms with Crippen LogP contribution in [0.1, 0.15) is 100 Å². The summed E-state index contributed by atoms with van der Waals surface area (Å²) in [7, 11) is 1.92. The highest BCUT2D eigenvalue weighted by Crippen LogP contribution is 2.35. The van der Waals surface area contributed by atoms with Crippen molar-refractivity contribution in [1.29, 1.82) is 0 Å². The molecule has 3 heterocycles. The molecule has 3 atom stereocenters. The number of ether oxygens (including phenoxy) is 1. The summed E-state index contributed by atoms with van der Waals surface area (Å²) in [4.78, 5) is 15.8. The summed E-state index contributed by atoms with van der Waals surface area (Å²) in [6.07, 6.45) is 18.0. The summed E-state index contributed by atoms with van der Waals surface area (Å²) in [5.74, 6) is 0.922. The molecule has 2 aromatic rings. The Bertz CT molecular complexity index is 1220. The Morgan fingerprint density at radius 3 is 2.61 bits per heavy atom. The molecule has 242 valence electrons. The minimum atomic E-state index is -0.603. The molecule has 0 bridgehead atoms. The van der Waals surface area contributed by atoms with Gasteiger partial charge in [-0.3, -0.25) is 14.4 Å². The number of carbonyl (C=O) groups excluding carboxylic acids is 1. The van der Waals surface area contributed by atoms with E-state index in [0.717, 1.165) is 56.6 Å². The van der Waals surface area contributed by atoms with Gasteiger partial charge in [0.15, 0.2) is 0 Å². The van der Waals surface area contributed by atoms with Crippen LogP contribution in [0.2, 0.25) is 0 Å². The molecule has 9 heteroatoms. The zero-order chi connectivity index (χ0) is 30.4. The molecule has 2 unspecified atom stereocenters. The van der Waals surface area contributed by atoms with E-state index in [2.05, 4.69) is 38.1 Å². The van der Waals surface area contributed by atoms with Gasteiger partial charge in [-0.2, -0.15) is 5.10 Å². The van der Waals surface area contributed by atoms with Crippen LogP contribution >= 0.6 is 0 Å². The number of aliphatic hydroxyl groups is 1. The number of β-amino-alcohol motifs (C(OH)–C–C–N with tert-alkyl or cyclic N) is 1. The van der Waals surface area contributed by atoms with Crippen LogP contribution < -0.4 is 20.7 Å². The molecule has 6 rings (SSSR count). The summed E-state index contributed by atoms with van der Waals surface area (Å²) >= 11 is 0. The molecule has 2 aliphatic heterocycles. The molecule has 44 heavy (non-hydrogen) atoms. The number of amides is 1. The Kier molecular flexibility index (Phi) is 10.6. The number of carbonyl (C=O) groups is 1. The van der Waals surface area contributed by atoms with Gasteiger partial charge in [-0.15, -0.1) is 0 Å². The zero-order valence-corrected chi connectivity index (χ0v) is 26.7. The quantitative estimate of drug-likeness (QED) is 0.325. The number of hydrogen-bond acceptors (Lipinski definition) is 7. The number of rotatable bonds is 10. The molecular weight excluding hydrogens is 552 g/mol. The third-order valence-corrected chi connectivity index (χ3v) is 10.7. The molecular formula is C35H54N6O3. The van der Waals surface area contributed by atoms with Crippen molar-refractivity contribution in [1.82, 2.24) is 30.6 Å². The van der Waals surface area contributed by atoms with Gasteiger partial charge in [0.25, 0.3) is 0 Å². The standard InChI is InChI=1S/C35H54N6O3/c1-40-30(13-17-37-40)25-44-32-12-11-27-23-41(18-14-26(27)19-32)24-31(42)22-36-34(43)33-20-29(38-28-9-8-10-28)21-35(39-33)15-6-4-2-3-5-7-16-35/h11-13,17,19,28-29,31,33,38-39,42H,2-10,14-16,18,20-25H2,1H3,(H,36,43)/t29?,31-,33?/m0/s1. The lowest BCUT2D eigenvalue weighted by Gasteiger charge is -2.47. The molecule has 9 nitrogen and oxygen atoms in total. The fourth-order valence-electron chi connectivity index (χ4n) is 7.88. The zero-order valence-electron chi connectivity index (χ0n) is 26.7. The average Bonchev–Trinajstić information content (AvgIpc) is 3.46. The van der Waals surface area contributed by atoms with Crippen molar-refractivity contribution in [3.05, 3.63) is 47.3 Å². The van der Waals surface area contributed by atoms with E-state index in [1.165, 1.54) is 68.9 Å². The van der Waals surface area contributed by atoms with Gasteiger partial charge in [-0.1, -0.05) is 51.0 Å². The predicted octanol–water partition coefficient (Wildman–Crippen LogP) is 3.97. The van der Waals surface area contributed by atoms with Crippen molar-refractivity contribution in [3.63, 3.8) is 0 Å². The fourth-order valence-corrected chi connectivity index (χ4v) is 7.88. The number of nitrogens with one attached hydrogen (secondary N) is 3. The van der Waals surface area contributed by atoms with E-state index >= 15 is 0 Å². The van der Waals surface area contributed by atoms with Crippen molar-refractivity contribution in [2.75, 3.05) is 19.6 Å². The monoisotopic (exact) mass is 606 g/mol. The molecule has 1 amide bonds. The SMILES string of the molecule is Cn1nccc1COc1ccc2c(c1)CCN(C[C@@H](O)CNC(=O)C1CC(NC3CCC3)CC3(CCCCCCCC3)N1)C2. The Hall–Kier alpha value is -2.46.